The maximum Gasteiger partial charge on any atom is 0.164 e. The summed E-state index contributed by atoms with van der Waals surface area (Å²) >= 11 is 0. The van der Waals surface area contributed by atoms with Gasteiger partial charge in [-0.2, -0.15) is 0 Å². The number of hydrogen-bond acceptors (Lipinski definition) is 4. The zero-order chi connectivity index (χ0) is 15.4. The molecule has 2 rings (SSSR count). The summed E-state index contributed by atoms with van der Waals surface area (Å²) in [6.45, 7) is 8.76. The Bertz CT molecular complexity index is 464. The summed E-state index contributed by atoms with van der Waals surface area (Å²) in [4.78, 5) is 0. The van der Waals surface area contributed by atoms with Gasteiger partial charge in [-0.25, -0.2) is 4.68 Å². The maximum absolute atomic E-state index is 12.3. The third-order valence-electron chi connectivity index (χ3n) is 4.37. The van der Waals surface area contributed by atoms with Crippen LogP contribution < -0.4 is 0 Å². The SMILES string of the molecule is CC(C)n1nnnc1C[S@](=O)CCC1C[C@@H](C)C[C@@H](C)C1. The highest BCUT2D eigenvalue weighted by Gasteiger charge is 2.24. The van der Waals surface area contributed by atoms with E-state index in [-0.39, 0.29) is 6.04 Å². The zero-order valence-corrected chi connectivity index (χ0v) is 14.5. The molecule has 0 aliphatic heterocycles. The van der Waals surface area contributed by atoms with E-state index in [1.165, 1.54) is 19.3 Å². The molecule has 6 heteroatoms. The lowest BCUT2D eigenvalue weighted by molar-refractivity contribution is 0.215. The summed E-state index contributed by atoms with van der Waals surface area (Å²) in [5, 5.41) is 11.7. The Morgan fingerprint density at radius 2 is 1.90 bits per heavy atom. The Kier molecular flexibility index (Phi) is 5.90. The molecule has 0 spiro atoms. The number of aromatic nitrogens is 4. The van der Waals surface area contributed by atoms with Crippen LogP contribution in [0.1, 0.15) is 65.2 Å². The normalized spacial score (nSPS) is 28.0. The first-order valence-electron chi connectivity index (χ1n) is 8.07. The lowest BCUT2D eigenvalue weighted by atomic mass is 9.76. The fraction of sp³-hybridized carbons (Fsp3) is 0.933. The van der Waals surface area contributed by atoms with Crippen LogP contribution in [-0.4, -0.2) is 30.2 Å². The summed E-state index contributed by atoms with van der Waals surface area (Å²) in [6.07, 6.45) is 5.02. The molecule has 1 saturated carbocycles. The first-order chi connectivity index (χ1) is 9.95. The van der Waals surface area contributed by atoms with Crippen molar-refractivity contribution >= 4 is 10.8 Å². The van der Waals surface area contributed by atoms with Crippen molar-refractivity contribution in [2.45, 2.75) is 65.2 Å². The number of tetrazole rings is 1. The Morgan fingerprint density at radius 1 is 1.24 bits per heavy atom. The van der Waals surface area contributed by atoms with E-state index >= 15 is 0 Å². The van der Waals surface area contributed by atoms with Crippen LogP contribution in [0.5, 0.6) is 0 Å². The first kappa shape index (κ1) is 16.6. The van der Waals surface area contributed by atoms with E-state index in [4.69, 9.17) is 0 Å². The average Bonchev–Trinajstić information content (AvgIpc) is 2.83. The number of hydrogen-bond donors (Lipinski definition) is 0. The summed E-state index contributed by atoms with van der Waals surface area (Å²) < 4.78 is 14.1. The fourth-order valence-electron chi connectivity index (χ4n) is 3.57. The largest absolute Gasteiger partial charge is 0.259 e. The topological polar surface area (TPSA) is 60.7 Å². The van der Waals surface area contributed by atoms with Crippen LogP contribution in [0, 0.1) is 17.8 Å². The zero-order valence-electron chi connectivity index (χ0n) is 13.7. The first-order valence-corrected chi connectivity index (χ1v) is 9.56. The number of rotatable bonds is 6. The second-order valence-corrected chi connectivity index (χ2v) is 8.57. The summed E-state index contributed by atoms with van der Waals surface area (Å²) in [6, 6.07) is 0.215. The molecule has 1 fully saturated rings. The molecule has 4 atom stereocenters. The molecule has 1 unspecified atom stereocenters. The van der Waals surface area contributed by atoms with Crippen molar-refractivity contribution in [1.29, 1.82) is 0 Å². The molecule has 0 N–H and O–H groups in total. The van der Waals surface area contributed by atoms with Gasteiger partial charge in [0.15, 0.2) is 5.82 Å². The average molecular weight is 312 g/mol. The quantitative estimate of drug-likeness (QED) is 0.810. The molecule has 0 saturated heterocycles. The van der Waals surface area contributed by atoms with Gasteiger partial charge >= 0.3 is 0 Å². The highest BCUT2D eigenvalue weighted by Crippen LogP contribution is 2.34. The van der Waals surface area contributed by atoms with E-state index in [1.807, 2.05) is 13.8 Å². The predicted molar refractivity (Wildman–Crippen MR) is 85.2 cm³/mol. The standard InChI is InChI=1S/C15H28N4OS/c1-11(2)19-15(16-17-18-19)10-21(20)6-5-14-8-12(3)7-13(4)9-14/h11-14H,5-10H2,1-4H3/t12-,13+,14?,21-/m1/s1. The third kappa shape index (κ3) is 4.87. The van der Waals surface area contributed by atoms with Gasteiger partial charge in [0.2, 0.25) is 0 Å². The van der Waals surface area contributed by atoms with Crippen LogP contribution in [-0.2, 0) is 16.6 Å². The monoisotopic (exact) mass is 312 g/mol. The second kappa shape index (κ2) is 7.47. The summed E-state index contributed by atoms with van der Waals surface area (Å²) in [7, 11) is -0.864. The van der Waals surface area contributed by atoms with E-state index in [2.05, 4.69) is 29.4 Å². The highest BCUT2D eigenvalue weighted by atomic mass is 32.2. The van der Waals surface area contributed by atoms with E-state index in [9.17, 15) is 4.21 Å². The minimum atomic E-state index is -0.864. The second-order valence-electron chi connectivity index (χ2n) is 6.99. The lowest BCUT2D eigenvalue weighted by Crippen LogP contribution is -2.21. The molecule has 0 radical (unpaired) electrons. The lowest BCUT2D eigenvalue weighted by Gasteiger charge is -2.31. The molecule has 21 heavy (non-hydrogen) atoms. The molecule has 1 aromatic rings. The summed E-state index contributed by atoms with van der Waals surface area (Å²) in [5.41, 5.74) is 0. The van der Waals surface area contributed by atoms with Gasteiger partial charge in [0.05, 0.1) is 11.8 Å². The van der Waals surface area contributed by atoms with Crippen molar-refractivity contribution in [3.05, 3.63) is 5.82 Å². The molecular weight excluding hydrogens is 284 g/mol. The molecular formula is C15H28N4OS. The minimum absolute atomic E-state index is 0.215. The van der Waals surface area contributed by atoms with Crippen LogP contribution in [0.2, 0.25) is 0 Å². The van der Waals surface area contributed by atoms with E-state index in [0.717, 1.165) is 35.8 Å². The van der Waals surface area contributed by atoms with Crippen molar-refractivity contribution in [3.63, 3.8) is 0 Å². The van der Waals surface area contributed by atoms with E-state index in [0.29, 0.717) is 5.75 Å². The van der Waals surface area contributed by atoms with Gasteiger partial charge in [0, 0.05) is 16.6 Å². The van der Waals surface area contributed by atoms with Crippen molar-refractivity contribution < 1.29 is 4.21 Å². The smallest absolute Gasteiger partial charge is 0.164 e. The summed E-state index contributed by atoms with van der Waals surface area (Å²) in [5.74, 6) is 4.38. The molecule has 1 aliphatic carbocycles. The van der Waals surface area contributed by atoms with E-state index in [1.54, 1.807) is 4.68 Å². The Labute approximate surface area is 130 Å². The van der Waals surface area contributed by atoms with Crippen LogP contribution in [0.3, 0.4) is 0 Å². The van der Waals surface area contributed by atoms with Crippen molar-refractivity contribution in [1.82, 2.24) is 20.2 Å². The van der Waals surface area contributed by atoms with Gasteiger partial charge in [-0.3, -0.25) is 4.21 Å². The predicted octanol–water partition coefficient (Wildman–Crippen LogP) is 2.97. The van der Waals surface area contributed by atoms with Gasteiger partial charge in [0.1, 0.15) is 0 Å². The Hall–Kier alpha value is -0.780. The molecule has 5 nitrogen and oxygen atoms in total. The van der Waals surface area contributed by atoms with Crippen LogP contribution in [0.4, 0.5) is 0 Å². The van der Waals surface area contributed by atoms with Gasteiger partial charge in [-0.15, -0.1) is 5.10 Å². The van der Waals surface area contributed by atoms with Gasteiger partial charge in [-0.1, -0.05) is 13.8 Å². The molecule has 120 valence electrons. The third-order valence-corrected chi connectivity index (χ3v) is 5.64. The van der Waals surface area contributed by atoms with Gasteiger partial charge in [0.25, 0.3) is 0 Å². The van der Waals surface area contributed by atoms with Crippen molar-refractivity contribution in [2.75, 3.05) is 5.75 Å². The van der Waals surface area contributed by atoms with Crippen molar-refractivity contribution in [3.8, 4) is 0 Å². The molecule has 0 aromatic carbocycles. The van der Waals surface area contributed by atoms with Gasteiger partial charge in [-0.05, 0) is 67.7 Å². The maximum atomic E-state index is 12.3. The number of nitrogens with zero attached hydrogens (tertiary/aromatic N) is 4. The molecule has 1 aromatic heterocycles. The Balaban J connectivity index is 1.81. The minimum Gasteiger partial charge on any atom is -0.259 e. The van der Waals surface area contributed by atoms with E-state index < -0.39 is 10.8 Å². The highest BCUT2D eigenvalue weighted by molar-refractivity contribution is 7.84. The van der Waals surface area contributed by atoms with Crippen LogP contribution in [0.15, 0.2) is 0 Å². The van der Waals surface area contributed by atoms with Crippen molar-refractivity contribution in [2.24, 2.45) is 17.8 Å². The Morgan fingerprint density at radius 3 is 2.52 bits per heavy atom. The molecule has 0 amide bonds. The molecule has 1 heterocycles. The molecule has 1 aliphatic rings. The fourth-order valence-corrected chi connectivity index (χ4v) is 4.79. The van der Waals surface area contributed by atoms with Crippen LogP contribution >= 0.6 is 0 Å². The van der Waals surface area contributed by atoms with Crippen LogP contribution in [0.25, 0.3) is 0 Å². The molecule has 0 bridgehead atoms. The van der Waals surface area contributed by atoms with Gasteiger partial charge < -0.3 is 0 Å².